The highest BCUT2D eigenvalue weighted by molar-refractivity contribution is 5.85. The predicted molar refractivity (Wildman–Crippen MR) is 132 cm³/mol. The number of ketones is 1. The third-order valence-corrected chi connectivity index (χ3v) is 12.7. The normalized spacial score (nSPS) is 55.2. The Morgan fingerprint density at radius 2 is 1.71 bits per heavy atom. The summed E-state index contributed by atoms with van der Waals surface area (Å²) >= 11 is 0. The molecule has 0 amide bonds. The lowest BCUT2D eigenvalue weighted by molar-refractivity contribution is -0.147. The van der Waals surface area contributed by atoms with E-state index in [4.69, 9.17) is 9.47 Å². The molecule has 1 unspecified atom stereocenters. The molecular formula is C30H46O4. The van der Waals surface area contributed by atoms with Crippen LogP contribution in [0.5, 0.6) is 0 Å². The summed E-state index contributed by atoms with van der Waals surface area (Å²) in [6.07, 6.45) is 10.6. The van der Waals surface area contributed by atoms with E-state index in [1.807, 2.05) is 0 Å². The van der Waals surface area contributed by atoms with Gasteiger partial charge < -0.3 is 14.6 Å². The van der Waals surface area contributed by atoms with Gasteiger partial charge in [0.1, 0.15) is 11.9 Å². The summed E-state index contributed by atoms with van der Waals surface area (Å²) in [7, 11) is 0. The van der Waals surface area contributed by atoms with Crippen LogP contribution >= 0.6 is 0 Å². The predicted octanol–water partition coefficient (Wildman–Crippen LogP) is 6.06. The standard InChI is InChI=1S/C30H46O4/c1-26(2)22-9-8-20-19(28(22,5)13-12-23(26)31)11-15-29(6)18(10-14-30(20,29)7)17-16-21(33-25(17)32)24-27(3,4)34-24/h8,17-19,21-22,24-25,32H,9-16H2,1-7H3/t17-,18+,19-,21-,22+,24?,25-,28-,29+,30-/m1/s1. The van der Waals surface area contributed by atoms with Crippen molar-refractivity contribution in [3.05, 3.63) is 11.6 Å². The average molecular weight is 471 g/mol. The summed E-state index contributed by atoms with van der Waals surface area (Å²) in [5.41, 5.74) is 1.95. The van der Waals surface area contributed by atoms with E-state index in [-0.39, 0.29) is 45.4 Å². The molecular weight excluding hydrogens is 424 g/mol. The fraction of sp³-hybridized carbons (Fsp3) is 0.900. The van der Waals surface area contributed by atoms with Crippen LogP contribution in [0.25, 0.3) is 0 Å². The van der Waals surface area contributed by atoms with Crippen LogP contribution in [-0.2, 0) is 14.3 Å². The highest BCUT2D eigenvalue weighted by Gasteiger charge is 2.67. The minimum absolute atomic E-state index is 0.0253. The largest absolute Gasteiger partial charge is 0.368 e. The maximum absolute atomic E-state index is 12.8. The van der Waals surface area contributed by atoms with E-state index in [1.165, 1.54) is 25.7 Å². The third-order valence-electron chi connectivity index (χ3n) is 12.7. The second-order valence-electron chi connectivity index (χ2n) is 14.7. The first-order valence-electron chi connectivity index (χ1n) is 14.0. The Labute approximate surface area is 206 Å². The molecule has 2 saturated heterocycles. The Kier molecular flexibility index (Phi) is 4.86. The zero-order valence-electron chi connectivity index (χ0n) is 22.4. The first-order valence-corrected chi connectivity index (χ1v) is 14.0. The highest BCUT2D eigenvalue weighted by Crippen LogP contribution is 2.73. The van der Waals surface area contributed by atoms with Crippen molar-refractivity contribution in [2.24, 2.45) is 45.3 Å². The first-order chi connectivity index (χ1) is 15.8. The number of rotatable bonds is 2. The van der Waals surface area contributed by atoms with Crippen molar-refractivity contribution in [2.75, 3.05) is 0 Å². The van der Waals surface area contributed by atoms with Gasteiger partial charge in [0, 0.05) is 17.8 Å². The first kappa shape index (κ1) is 23.7. The van der Waals surface area contributed by atoms with E-state index in [0.29, 0.717) is 23.5 Å². The molecule has 10 atom stereocenters. The van der Waals surface area contributed by atoms with Crippen molar-refractivity contribution >= 4 is 5.78 Å². The van der Waals surface area contributed by atoms with Gasteiger partial charge in [0.15, 0.2) is 6.29 Å². The highest BCUT2D eigenvalue weighted by atomic mass is 16.7. The lowest BCUT2D eigenvalue weighted by Gasteiger charge is -2.63. The molecule has 0 aromatic heterocycles. The van der Waals surface area contributed by atoms with Crippen molar-refractivity contribution in [1.29, 1.82) is 0 Å². The van der Waals surface area contributed by atoms with E-state index < -0.39 is 6.29 Å². The number of hydrogen-bond donors (Lipinski definition) is 1. The molecule has 0 aromatic rings. The van der Waals surface area contributed by atoms with Crippen LogP contribution in [0.1, 0.15) is 99.8 Å². The van der Waals surface area contributed by atoms with Gasteiger partial charge in [-0.1, -0.05) is 46.3 Å². The Morgan fingerprint density at radius 3 is 2.38 bits per heavy atom. The fourth-order valence-electron chi connectivity index (χ4n) is 10.3. The molecule has 2 aliphatic heterocycles. The molecule has 0 aromatic carbocycles. The molecule has 4 aliphatic carbocycles. The van der Waals surface area contributed by atoms with Gasteiger partial charge in [-0.05, 0) is 92.8 Å². The maximum Gasteiger partial charge on any atom is 0.158 e. The van der Waals surface area contributed by atoms with Crippen molar-refractivity contribution in [3.63, 3.8) is 0 Å². The Hall–Kier alpha value is -0.710. The second-order valence-corrected chi connectivity index (χ2v) is 14.7. The van der Waals surface area contributed by atoms with Crippen LogP contribution in [-0.4, -0.2) is 35.0 Å². The Bertz CT molecular complexity index is 934. The summed E-state index contributed by atoms with van der Waals surface area (Å²) < 4.78 is 12.0. The second kappa shape index (κ2) is 6.98. The van der Waals surface area contributed by atoms with Crippen LogP contribution in [0.15, 0.2) is 11.6 Å². The molecule has 4 heteroatoms. The molecule has 0 bridgehead atoms. The number of epoxide rings is 1. The summed E-state index contributed by atoms with van der Waals surface area (Å²) in [5.74, 6) is 2.19. The van der Waals surface area contributed by atoms with E-state index in [0.717, 1.165) is 25.7 Å². The number of allylic oxidation sites excluding steroid dienone is 2. The van der Waals surface area contributed by atoms with Gasteiger partial charge >= 0.3 is 0 Å². The van der Waals surface area contributed by atoms with Gasteiger partial charge in [0.2, 0.25) is 0 Å². The van der Waals surface area contributed by atoms with Gasteiger partial charge in [-0.3, -0.25) is 4.79 Å². The number of carbonyl (C=O) groups is 1. The molecule has 4 nitrogen and oxygen atoms in total. The molecule has 34 heavy (non-hydrogen) atoms. The van der Waals surface area contributed by atoms with Crippen molar-refractivity contribution in [3.8, 4) is 0 Å². The molecule has 0 radical (unpaired) electrons. The number of Topliss-reactive ketones (excluding diaryl/α,β-unsaturated/α-hetero) is 1. The minimum Gasteiger partial charge on any atom is -0.368 e. The number of aliphatic hydroxyl groups is 1. The number of fused-ring (bicyclic) bond motifs is 5. The zero-order valence-corrected chi connectivity index (χ0v) is 22.4. The molecule has 6 aliphatic rings. The Balaban J connectivity index is 1.30. The molecule has 0 spiro atoms. The lowest BCUT2D eigenvalue weighted by atomic mass is 9.41. The number of carbonyl (C=O) groups excluding carboxylic acids is 1. The van der Waals surface area contributed by atoms with Gasteiger partial charge in [-0.25, -0.2) is 0 Å². The van der Waals surface area contributed by atoms with E-state index in [1.54, 1.807) is 5.57 Å². The quantitative estimate of drug-likeness (QED) is 0.393. The Morgan fingerprint density at radius 1 is 1.00 bits per heavy atom. The van der Waals surface area contributed by atoms with E-state index in [9.17, 15) is 9.90 Å². The van der Waals surface area contributed by atoms with Crippen molar-refractivity contribution < 1.29 is 19.4 Å². The van der Waals surface area contributed by atoms with Crippen LogP contribution in [0.3, 0.4) is 0 Å². The van der Waals surface area contributed by atoms with Gasteiger partial charge in [0.05, 0.1) is 11.7 Å². The van der Waals surface area contributed by atoms with Crippen molar-refractivity contribution in [2.45, 2.75) is 124 Å². The van der Waals surface area contributed by atoms with Crippen LogP contribution < -0.4 is 0 Å². The molecule has 190 valence electrons. The third kappa shape index (κ3) is 2.85. The molecule has 3 saturated carbocycles. The number of hydrogen-bond acceptors (Lipinski definition) is 4. The van der Waals surface area contributed by atoms with Crippen LogP contribution in [0.2, 0.25) is 0 Å². The topological polar surface area (TPSA) is 59.1 Å². The zero-order chi connectivity index (χ0) is 24.5. The van der Waals surface area contributed by atoms with E-state index >= 15 is 0 Å². The molecule has 1 N–H and O–H groups in total. The smallest absolute Gasteiger partial charge is 0.158 e. The summed E-state index contributed by atoms with van der Waals surface area (Å²) in [6, 6.07) is 0. The number of aliphatic hydroxyl groups excluding tert-OH is 1. The summed E-state index contributed by atoms with van der Waals surface area (Å²) in [4.78, 5) is 12.8. The lowest BCUT2D eigenvalue weighted by Crippen LogP contribution is -2.57. The maximum atomic E-state index is 12.8. The fourth-order valence-corrected chi connectivity index (χ4v) is 10.3. The van der Waals surface area contributed by atoms with Crippen LogP contribution in [0.4, 0.5) is 0 Å². The van der Waals surface area contributed by atoms with Crippen molar-refractivity contribution in [1.82, 2.24) is 0 Å². The van der Waals surface area contributed by atoms with E-state index in [2.05, 4.69) is 54.5 Å². The molecule has 5 fully saturated rings. The van der Waals surface area contributed by atoms with Crippen LogP contribution in [0, 0.1) is 45.3 Å². The monoisotopic (exact) mass is 470 g/mol. The summed E-state index contributed by atoms with van der Waals surface area (Å²) in [6.45, 7) is 16.2. The molecule has 6 rings (SSSR count). The SMILES string of the molecule is CC1(C)OC1[C@H]1C[C@H]([C@@H]2CC[C@]3(C)C4=CC[C@H]5C(C)(C)C(=O)CC[C@]5(C)[C@@H]4CC[C@@]23C)[C@H](O)O1. The number of ether oxygens (including phenoxy) is 2. The van der Waals surface area contributed by atoms with Gasteiger partial charge in [0.25, 0.3) is 0 Å². The molecule has 2 heterocycles. The minimum atomic E-state index is -0.667. The summed E-state index contributed by atoms with van der Waals surface area (Å²) in [5, 5.41) is 11.0. The van der Waals surface area contributed by atoms with Gasteiger partial charge in [-0.15, -0.1) is 0 Å². The average Bonchev–Trinajstić information content (AvgIpc) is 3.08. The van der Waals surface area contributed by atoms with Gasteiger partial charge in [-0.2, -0.15) is 0 Å².